The predicted molar refractivity (Wildman–Crippen MR) is 94.2 cm³/mol. The molecule has 1 saturated heterocycles. The Balaban J connectivity index is 1.84. The molecule has 8 nitrogen and oxygen atoms in total. The minimum absolute atomic E-state index is 0.00653. The molecular formula is C17H27N5O3. The average molecular weight is 349 g/mol. The molecule has 1 aliphatic heterocycles. The van der Waals surface area contributed by atoms with Gasteiger partial charge in [-0.15, -0.1) is 0 Å². The van der Waals surface area contributed by atoms with Crippen LogP contribution in [0.2, 0.25) is 0 Å². The molecule has 0 spiro atoms. The lowest BCUT2D eigenvalue weighted by Crippen LogP contribution is -2.53. The number of carbonyl (C=O) groups excluding carboxylic acids is 2. The molecule has 0 aromatic carbocycles. The second-order valence-corrected chi connectivity index (χ2v) is 7.21. The van der Waals surface area contributed by atoms with Crippen LogP contribution in [-0.2, 0) is 9.53 Å². The van der Waals surface area contributed by atoms with Crippen LogP contribution in [0.3, 0.4) is 0 Å². The molecule has 0 bridgehead atoms. The van der Waals surface area contributed by atoms with Gasteiger partial charge in [-0.1, -0.05) is 0 Å². The zero-order chi connectivity index (χ0) is 18.4. The highest BCUT2D eigenvalue weighted by Gasteiger charge is 2.26. The monoisotopic (exact) mass is 349 g/mol. The lowest BCUT2D eigenvalue weighted by molar-refractivity contribution is -0.123. The van der Waals surface area contributed by atoms with Gasteiger partial charge in [-0.25, -0.2) is 14.8 Å². The molecule has 2 amide bonds. The van der Waals surface area contributed by atoms with Crippen molar-refractivity contribution < 1.29 is 14.3 Å². The van der Waals surface area contributed by atoms with Gasteiger partial charge in [0, 0.05) is 31.5 Å². The number of nitrogens with one attached hydrogen (secondary N) is 2. The van der Waals surface area contributed by atoms with Gasteiger partial charge in [-0.2, -0.15) is 0 Å². The van der Waals surface area contributed by atoms with Crippen molar-refractivity contribution in [1.29, 1.82) is 0 Å². The predicted octanol–water partition coefficient (Wildman–Crippen LogP) is 1.47. The molecule has 2 N–H and O–H groups in total. The molecular weight excluding hydrogens is 322 g/mol. The first-order valence-electron chi connectivity index (χ1n) is 8.56. The summed E-state index contributed by atoms with van der Waals surface area (Å²) in [5.74, 6) is 0.438. The number of carbonyl (C=O) groups is 2. The molecule has 2 heterocycles. The Hall–Kier alpha value is -2.38. The van der Waals surface area contributed by atoms with Crippen molar-refractivity contribution in [3.63, 3.8) is 0 Å². The smallest absolute Gasteiger partial charge is 0.408 e. The maximum Gasteiger partial charge on any atom is 0.408 e. The minimum atomic E-state index is -0.668. The van der Waals surface area contributed by atoms with Gasteiger partial charge in [0.25, 0.3) is 0 Å². The SMILES string of the molecule is CC(NC(=O)OC(C)(C)C)C(=O)NC1CCCN(c2ncccn2)C1. The van der Waals surface area contributed by atoms with E-state index in [0.29, 0.717) is 12.5 Å². The zero-order valence-corrected chi connectivity index (χ0v) is 15.3. The third kappa shape index (κ3) is 6.21. The molecule has 2 atom stereocenters. The maximum atomic E-state index is 12.3. The molecule has 1 aromatic rings. The lowest BCUT2D eigenvalue weighted by atomic mass is 10.1. The van der Waals surface area contributed by atoms with E-state index in [-0.39, 0.29) is 11.9 Å². The fourth-order valence-electron chi connectivity index (χ4n) is 2.61. The van der Waals surface area contributed by atoms with E-state index in [0.717, 1.165) is 19.4 Å². The summed E-state index contributed by atoms with van der Waals surface area (Å²) in [6.07, 6.45) is 4.64. The van der Waals surface area contributed by atoms with Crippen LogP contribution in [-0.4, -0.2) is 52.7 Å². The van der Waals surface area contributed by atoms with Gasteiger partial charge in [0.15, 0.2) is 0 Å². The summed E-state index contributed by atoms with van der Waals surface area (Å²) < 4.78 is 5.17. The summed E-state index contributed by atoms with van der Waals surface area (Å²) >= 11 is 0. The number of amides is 2. The number of nitrogens with zero attached hydrogens (tertiary/aromatic N) is 3. The van der Waals surface area contributed by atoms with E-state index in [1.54, 1.807) is 46.2 Å². The van der Waals surface area contributed by atoms with Crippen LogP contribution in [0.25, 0.3) is 0 Å². The highest BCUT2D eigenvalue weighted by atomic mass is 16.6. The minimum Gasteiger partial charge on any atom is -0.444 e. The molecule has 2 rings (SSSR count). The van der Waals surface area contributed by atoms with E-state index in [2.05, 4.69) is 25.5 Å². The Morgan fingerprint density at radius 3 is 2.64 bits per heavy atom. The summed E-state index contributed by atoms with van der Waals surface area (Å²) in [6, 6.07) is 1.10. The Morgan fingerprint density at radius 1 is 1.32 bits per heavy atom. The van der Waals surface area contributed by atoms with Crippen LogP contribution in [0.4, 0.5) is 10.7 Å². The number of hydrogen-bond donors (Lipinski definition) is 2. The average Bonchev–Trinajstić information content (AvgIpc) is 2.54. The van der Waals surface area contributed by atoms with Crippen molar-refractivity contribution >= 4 is 17.9 Å². The van der Waals surface area contributed by atoms with Crippen molar-refractivity contribution in [3.8, 4) is 0 Å². The number of ether oxygens (including phenoxy) is 1. The quantitative estimate of drug-likeness (QED) is 0.855. The zero-order valence-electron chi connectivity index (χ0n) is 15.3. The molecule has 1 fully saturated rings. The van der Waals surface area contributed by atoms with Gasteiger partial charge in [-0.05, 0) is 46.6 Å². The maximum absolute atomic E-state index is 12.3. The second-order valence-electron chi connectivity index (χ2n) is 7.21. The second kappa shape index (κ2) is 8.13. The van der Waals surface area contributed by atoms with Gasteiger partial charge >= 0.3 is 6.09 Å². The van der Waals surface area contributed by atoms with Crippen molar-refractivity contribution in [2.75, 3.05) is 18.0 Å². The normalized spacial score (nSPS) is 19.0. The van der Waals surface area contributed by atoms with Gasteiger partial charge in [-0.3, -0.25) is 4.79 Å². The molecule has 1 aromatic heterocycles. The molecule has 8 heteroatoms. The van der Waals surface area contributed by atoms with Crippen LogP contribution in [0.15, 0.2) is 18.5 Å². The summed E-state index contributed by atoms with van der Waals surface area (Å²) in [5, 5.41) is 5.54. The number of anilines is 1. The van der Waals surface area contributed by atoms with Crippen molar-refractivity contribution in [1.82, 2.24) is 20.6 Å². The van der Waals surface area contributed by atoms with Crippen LogP contribution >= 0.6 is 0 Å². The van der Waals surface area contributed by atoms with Crippen molar-refractivity contribution in [3.05, 3.63) is 18.5 Å². The van der Waals surface area contributed by atoms with Crippen LogP contribution in [0.5, 0.6) is 0 Å². The number of hydrogen-bond acceptors (Lipinski definition) is 6. The van der Waals surface area contributed by atoms with Gasteiger partial charge in [0.2, 0.25) is 11.9 Å². The summed E-state index contributed by atoms with van der Waals surface area (Å²) in [7, 11) is 0. The van der Waals surface area contributed by atoms with Crippen molar-refractivity contribution in [2.24, 2.45) is 0 Å². The molecule has 25 heavy (non-hydrogen) atoms. The topological polar surface area (TPSA) is 96.4 Å². The third-order valence-electron chi connectivity index (χ3n) is 3.73. The van der Waals surface area contributed by atoms with Crippen molar-refractivity contribution in [2.45, 2.75) is 58.2 Å². The lowest BCUT2D eigenvalue weighted by Gasteiger charge is -2.33. The first-order chi connectivity index (χ1) is 11.7. The van der Waals surface area contributed by atoms with E-state index in [1.165, 1.54) is 0 Å². The van der Waals surface area contributed by atoms with Crippen LogP contribution in [0.1, 0.15) is 40.5 Å². The molecule has 1 aliphatic rings. The Morgan fingerprint density at radius 2 is 2.00 bits per heavy atom. The van der Waals surface area contributed by atoms with Crippen LogP contribution < -0.4 is 15.5 Å². The molecule has 2 unspecified atom stereocenters. The third-order valence-corrected chi connectivity index (χ3v) is 3.73. The summed E-state index contributed by atoms with van der Waals surface area (Å²) in [4.78, 5) is 34.7. The Bertz CT molecular complexity index is 588. The number of piperidine rings is 1. The van der Waals surface area contributed by atoms with E-state index in [9.17, 15) is 9.59 Å². The Labute approximate surface area is 148 Å². The standard InChI is InChI=1S/C17H27N5O3/c1-12(20-16(24)25-17(2,3)4)14(23)21-13-7-5-10-22(11-13)15-18-8-6-9-19-15/h6,8-9,12-13H,5,7,10-11H2,1-4H3,(H,20,24)(H,21,23). The van der Waals surface area contributed by atoms with E-state index >= 15 is 0 Å². The Kier molecular flexibility index (Phi) is 6.17. The first-order valence-corrected chi connectivity index (χ1v) is 8.56. The first kappa shape index (κ1) is 19.0. The molecule has 0 aliphatic carbocycles. The van der Waals surface area contributed by atoms with Gasteiger partial charge in [0.05, 0.1) is 0 Å². The summed E-state index contributed by atoms with van der Waals surface area (Å²) in [6.45, 7) is 8.48. The van der Waals surface area contributed by atoms with Crippen LogP contribution in [0, 0.1) is 0 Å². The number of alkyl carbamates (subject to hydrolysis) is 1. The highest BCUT2D eigenvalue weighted by Crippen LogP contribution is 2.15. The van der Waals surface area contributed by atoms with Gasteiger partial charge in [0.1, 0.15) is 11.6 Å². The fraction of sp³-hybridized carbons (Fsp3) is 0.647. The van der Waals surface area contributed by atoms with E-state index in [1.807, 2.05) is 0 Å². The number of aromatic nitrogens is 2. The van der Waals surface area contributed by atoms with Gasteiger partial charge < -0.3 is 20.3 Å². The largest absolute Gasteiger partial charge is 0.444 e. The highest BCUT2D eigenvalue weighted by molar-refractivity contribution is 5.85. The number of rotatable bonds is 4. The molecule has 138 valence electrons. The summed E-state index contributed by atoms with van der Waals surface area (Å²) in [5.41, 5.74) is -0.597. The molecule has 0 radical (unpaired) electrons. The van der Waals surface area contributed by atoms with E-state index in [4.69, 9.17) is 4.74 Å². The van der Waals surface area contributed by atoms with E-state index < -0.39 is 17.7 Å². The molecule has 0 saturated carbocycles. The fourth-order valence-corrected chi connectivity index (χ4v) is 2.61.